The molecule has 0 spiro atoms. The molecule has 2 aliphatic rings. The van der Waals surface area contributed by atoms with Crippen LogP contribution in [0.2, 0.25) is 5.02 Å². The van der Waals surface area contributed by atoms with Crippen molar-refractivity contribution in [3.63, 3.8) is 0 Å². The Hall–Kier alpha value is -0.570. The maximum Gasteiger partial charge on any atom is 0.0406 e. The summed E-state index contributed by atoms with van der Waals surface area (Å²) in [5.74, 6) is 0. The molecule has 0 amide bonds. The average Bonchev–Trinajstić information content (AvgIpc) is 2.64. The van der Waals surface area contributed by atoms with Crippen molar-refractivity contribution in [1.82, 2.24) is 10.2 Å². The maximum absolute atomic E-state index is 5.96. The Labute approximate surface area is 121 Å². The van der Waals surface area contributed by atoms with Crippen molar-refractivity contribution in [2.75, 3.05) is 6.54 Å². The Morgan fingerprint density at radius 2 is 1.79 bits per heavy atom. The number of nitrogens with one attached hydrogen (secondary N) is 1. The van der Waals surface area contributed by atoms with Gasteiger partial charge in [-0.2, -0.15) is 0 Å². The largest absolute Gasteiger partial charge is 0.314 e. The second kappa shape index (κ2) is 5.82. The average molecular weight is 279 g/mol. The number of halogens is 1. The van der Waals surface area contributed by atoms with Gasteiger partial charge in [0.25, 0.3) is 0 Å². The molecular formula is C16H23ClN2. The second-order valence-corrected chi connectivity index (χ2v) is 6.35. The molecule has 2 atom stereocenters. The van der Waals surface area contributed by atoms with Crippen LogP contribution < -0.4 is 5.32 Å². The van der Waals surface area contributed by atoms with Gasteiger partial charge >= 0.3 is 0 Å². The number of benzene rings is 1. The molecule has 2 fully saturated rings. The molecule has 2 aliphatic heterocycles. The first-order valence-electron chi connectivity index (χ1n) is 7.50. The van der Waals surface area contributed by atoms with E-state index in [2.05, 4.69) is 29.3 Å². The molecule has 2 bridgehead atoms. The lowest BCUT2D eigenvalue weighted by atomic mass is 9.96. The quantitative estimate of drug-likeness (QED) is 0.908. The molecule has 0 radical (unpaired) electrons. The molecule has 2 nitrogen and oxygen atoms in total. The summed E-state index contributed by atoms with van der Waals surface area (Å²) in [4.78, 5) is 2.72. The summed E-state index contributed by atoms with van der Waals surface area (Å²) >= 11 is 5.96. The van der Waals surface area contributed by atoms with E-state index in [4.69, 9.17) is 11.6 Å². The lowest BCUT2D eigenvalue weighted by molar-refractivity contribution is 0.110. The van der Waals surface area contributed by atoms with Gasteiger partial charge in [-0.25, -0.2) is 0 Å². The van der Waals surface area contributed by atoms with Crippen LogP contribution >= 0.6 is 11.6 Å². The summed E-state index contributed by atoms with van der Waals surface area (Å²) in [6.45, 7) is 4.40. The van der Waals surface area contributed by atoms with Crippen molar-refractivity contribution in [2.24, 2.45) is 0 Å². The van der Waals surface area contributed by atoms with Crippen molar-refractivity contribution in [1.29, 1.82) is 0 Å². The number of piperidine rings is 1. The number of rotatable bonds is 4. The monoisotopic (exact) mass is 278 g/mol. The number of hydrogen-bond acceptors (Lipinski definition) is 2. The fraction of sp³-hybridized carbons (Fsp3) is 0.625. The molecule has 2 saturated heterocycles. The molecule has 19 heavy (non-hydrogen) atoms. The van der Waals surface area contributed by atoms with Gasteiger partial charge in [0, 0.05) is 29.7 Å². The number of fused-ring (bicyclic) bond motifs is 2. The van der Waals surface area contributed by atoms with Crippen LogP contribution in [0.3, 0.4) is 0 Å². The molecule has 1 N–H and O–H groups in total. The van der Waals surface area contributed by atoms with Crippen molar-refractivity contribution >= 4 is 11.6 Å². The maximum atomic E-state index is 5.96. The highest BCUT2D eigenvalue weighted by Crippen LogP contribution is 2.36. The molecular weight excluding hydrogens is 256 g/mol. The van der Waals surface area contributed by atoms with Crippen LogP contribution in [-0.2, 0) is 6.54 Å². The molecule has 0 aromatic heterocycles. The molecule has 1 aromatic rings. The Balaban J connectivity index is 1.65. The highest BCUT2D eigenvalue weighted by Gasteiger charge is 2.40. The summed E-state index contributed by atoms with van der Waals surface area (Å²) in [5.41, 5.74) is 1.39. The lowest BCUT2D eigenvalue weighted by Crippen LogP contribution is -2.48. The smallest absolute Gasteiger partial charge is 0.0406 e. The normalized spacial score (nSPS) is 30.7. The Morgan fingerprint density at radius 3 is 2.37 bits per heavy atom. The summed E-state index contributed by atoms with van der Waals surface area (Å²) in [5, 5.41) is 4.46. The Bertz CT molecular complexity index is 403. The SMILES string of the molecule is CCNC1CC2CCC(C1)N2Cc1ccc(Cl)cc1. The van der Waals surface area contributed by atoms with E-state index in [0.717, 1.165) is 36.2 Å². The van der Waals surface area contributed by atoms with Gasteiger partial charge < -0.3 is 5.32 Å². The zero-order chi connectivity index (χ0) is 13.2. The van der Waals surface area contributed by atoms with Crippen LogP contribution in [-0.4, -0.2) is 29.6 Å². The van der Waals surface area contributed by atoms with E-state index in [1.807, 2.05) is 12.1 Å². The molecule has 104 valence electrons. The Kier molecular flexibility index (Phi) is 4.11. The second-order valence-electron chi connectivity index (χ2n) is 5.91. The van der Waals surface area contributed by atoms with Crippen LogP contribution in [0.4, 0.5) is 0 Å². The highest BCUT2D eigenvalue weighted by atomic mass is 35.5. The molecule has 0 aliphatic carbocycles. The predicted octanol–water partition coefficient (Wildman–Crippen LogP) is 3.44. The van der Waals surface area contributed by atoms with Crippen molar-refractivity contribution < 1.29 is 0 Å². The summed E-state index contributed by atoms with van der Waals surface area (Å²) in [6.07, 6.45) is 5.39. The molecule has 2 unspecified atom stereocenters. The standard InChI is InChI=1S/C16H23ClN2/c1-2-18-14-9-15-7-8-16(10-14)19(15)11-12-3-5-13(17)6-4-12/h3-6,14-16,18H,2,7-11H2,1H3. The van der Waals surface area contributed by atoms with Gasteiger partial charge in [0.1, 0.15) is 0 Å². The van der Waals surface area contributed by atoms with E-state index in [9.17, 15) is 0 Å². The third-order valence-corrected chi connectivity index (χ3v) is 4.91. The van der Waals surface area contributed by atoms with E-state index in [-0.39, 0.29) is 0 Å². The highest BCUT2D eigenvalue weighted by molar-refractivity contribution is 6.30. The first-order valence-corrected chi connectivity index (χ1v) is 7.87. The molecule has 3 heteroatoms. The van der Waals surface area contributed by atoms with E-state index < -0.39 is 0 Å². The van der Waals surface area contributed by atoms with Crippen molar-refractivity contribution in [2.45, 2.75) is 57.3 Å². The predicted molar refractivity (Wildman–Crippen MR) is 80.5 cm³/mol. The van der Waals surface area contributed by atoms with Crippen molar-refractivity contribution in [3.05, 3.63) is 34.9 Å². The number of nitrogens with zero attached hydrogens (tertiary/aromatic N) is 1. The van der Waals surface area contributed by atoms with E-state index >= 15 is 0 Å². The van der Waals surface area contributed by atoms with Gasteiger partial charge in [0.05, 0.1) is 0 Å². The molecule has 1 aromatic carbocycles. The third-order valence-electron chi connectivity index (χ3n) is 4.66. The summed E-state index contributed by atoms with van der Waals surface area (Å²) in [7, 11) is 0. The van der Waals surface area contributed by atoms with E-state index in [1.54, 1.807) is 0 Å². The van der Waals surface area contributed by atoms with Gasteiger partial charge in [0.15, 0.2) is 0 Å². The zero-order valence-electron chi connectivity index (χ0n) is 11.6. The minimum absolute atomic E-state index is 0.740. The minimum atomic E-state index is 0.740. The van der Waals surface area contributed by atoms with E-state index in [0.29, 0.717) is 0 Å². The Morgan fingerprint density at radius 1 is 1.16 bits per heavy atom. The molecule has 0 saturated carbocycles. The fourth-order valence-corrected chi connectivity index (χ4v) is 3.91. The van der Waals surface area contributed by atoms with Crippen LogP contribution in [0.1, 0.15) is 38.2 Å². The van der Waals surface area contributed by atoms with Crippen LogP contribution in [0.15, 0.2) is 24.3 Å². The van der Waals surface area contributed by atoms with Gasteiger partial charge in [-0.1, -0.05) is 30.7 Å². The van der Waals surface area contributed by atoms with E-state index in [1.165, 1.54) is 31.2 Å². The van der Waals surface area contributed by atoms with Gasteiger partial charge in [0.2, 0.25) is 0 Å². The van der Waals surface area contributed by atoms with Gasteiger partial charge in [-0.3, -0.25) is 4.90 Å². The minimum Gasteiger partial charge on any atom is -0.314 e. The van der Waals surface area contributed by atoms with Crippen LogP contribution in [0.25, 0.3) is 0 Å². The summed E-state index contributed by atoms with van der Waals surface area (Å²) in [6, 6.07) is 10.6. The first kappa shape index (κ1) is 13.4. The van der Waals surface area contributed by atoms with Gasteiger partial charge in [-0.05, 0) is 49.9 Å². The topological polar surface area (TPSA) is 15.3 Å². The summed E-state index contributed by atoms with van der Waals surface area (Å²) < 4.78 is 0. The molecule has 3 rings (SSSR count). The lowest BCUT2D eigenvalue weighted by Gasteiger charge is -2.39. The van der Waals surface area contributed by atoms with Crippen LogP contribution in [0.5, 0.6) is 0 Å². The fourth-order valence-electron chi connectivity index (χ4n) is 3.79. The number of hydrogen-bond donors (Lipinski definition) is 1. The molecule has 2 heterocycles. The first-order chi connectivity index (χ1) is 9.26. The third kappa shape index (κ3) is 2.96. The van der Waals surface area contributed by atoms with Gasteiger partial charge in [-0.15, -0.1) is 0 Å². The van der Waals surface area contributed by atoms with Crippen molar-refractivity contribution in [3.8, 4) is 0 Å². The van der Waals surface area contributed by atoms with Crippen LogP contribution in [0, 0.1) is 0 Å². The zero-order valence-corrected chi connectivity index (χ0v) is 12.4.